The molecule has 1 aromatic rings. The Balaban J connectivity index is 2.29. The van der Waals surface area contributed by atoms with E-state index < -0.39 is 44.3 Å². The second-order valence-electron chi connectivity index (χ2n) is 6.17. The molecule has 1 saturated heterocycles. The summed E-state index contributed by atoms with van der Waals surface area (Å²) in [5.41, 5.74) is -3.55. The van der Waals surface area contributed by atoms with Crippen molar-refractivity contribution in [1.82, 2.24) is 10.0 Å². The number of hydrogen-bond donors (Lipinski definition) is 2. The van der Waals surface area contributed by atoms with E-state index in [0.717, 1.165) is 0 Å². The van der Waals surface area contributed by atoms with Crippen molar-refractivity contribution < 1.29 is 39.6 Å². The molecule has 152 valence electrons. The smallest absolute Gasteiger partial charge is 0.317 e. The van der Waals surface area contributed by atoms with Crippen molar-refractivity contribution >= 4 is 15.9 Å². The maximum Gasteiger partial charge on any atom is 0.416 e. The molecule has 0 radical (unpaired) electrons. The lowest BCUT2D eigenvalue weighted by Crippen LogP contribution is -2.35. The van der Waals surface area contributed by atoms with Crippen LogP contribution in [-0.2, 0) is 27.2 Å². The highest BCUT2D eigenvalue weighted by Crippen LogP contribution is 2.37. The molecule has 2 N–H and O–H groups in total. The van der Waals surface area contributed by atoms with Crippen LogP contribution < -0.4 is 10.0 Å². The normalized spacial score (nSPS) is 17.0. The van der Waals surface area contributed by atoms with Gasteiger partial charge in [0.1, 0.15) is 0 Å². The first-order chi connectivity index (χ1) is 12.3. The Morgan fingerprint density at radius 2 is 1.48 bits per heavy atom. The fourth-order valence-corrected chi connectivity index (χ4v) is 3.75. The van der Waals surface area contributed by atoms with Gasteiger partial charge in [-0.05, 0) is 50.0 Å². The molecule has 1 aliphatic rings. The van der Waals surface area contributed by atoms with Crippen LogP contribution in [0.25, 0.3) is 0 Å². The van der Waals surface area contributed by atoms with Gasteiger partial charge in [-0.2, -0.15) is 26.3 Å². The number of hydrogen-bond acceptors (Lipinski definition) is 4. The molecule has 0 unspecified atom stereocenters. The van der Waals surface area contributed by atoms with Crippen molar-refractivity contribution in [1.29, 1.82) is 0 Å². The topological polar surface area (TPSA) is 75.3 Å². The van der Waals surface area contributed by atoms with Crippen molar-refractivity contribution in [3.8, 4) is 0 Å². The highest BCUT2D eigenvalue weighted by Gasteiger charge is 2.38. The van der Waals surface area contributed by atoms with Gasteiger partial charge in [-0.3, -0.25) is 4.79 Å². The number of sulfonamides is 1. The van der Waals surface area contributed by atoms with Crippen molar-refractivity contribution in [2.24, 2.45) is 5.92 Å². The maximum atomic E-state index is 12.8. The van der Waals surface area contributed by atoms with Crippen molar-refractivity contribution in [3.05, 3.63) is 29.3 Å². The third-order valence-corrected chi connectivity index (χ3v) is 5.41. The first-order valence-corrected chi connectivity index (χ1v) is 9.33. The Bertz CT molecular complexity index is 767. The number of amides is 1. The summed E-state index contributed by atoms with van der Waals surface area (Å²) in [4.78, 5) is 10.6. The van der Waals surface area contributed by atoms with Gasteiger partial charge in [0, 0.05) is 6.42 Å². The second kappa shape index (κ2) is 7.66. The van der Waals surface area contributed by atoms with Gasteiger partial charge >= 0.3 is 12.4 Å². The van der Waals surface area contributed by atoms with Gasteiger partial charge < -0.3 is 5.32 Å². The first kappa shape index (κ1) is 21.5. The van der Waals surface area contributed by atoms with Crippen LogP contribution in [0.4, 0.5) is 26.3 Å². The number of carbonyl (C=O) groups is 1. The van der Waals surface area contributed by atoms with Crippen LogP contribution in [0, 0.1) is 5.92 Å². The SMILES string of the molecule is O=C(CC1CCNCC1)NS(=O)(=O)c1cc(C(F)(F)F)cc(C(F)(F)F)c1. The van der Waals surface area contributed by atoms with Crippen molar-refractivity contribution in [2.45, 2.75) is 36.5 Å². The average molecular weight is 418 g/mol. The summed E-state index contributed by atoms with van der Waals surface area (Å²) in [6, 6.07) is -0.0549. The lowest BCUT2D eigenvalue weighted by atomic mass is 9.94. The van der Waals surface area contributed by atoms with Gasteiger partial charge in [-0.1, -0.05) is 0 Å². The van der Waals surface area contributed by atoms with E-state index in [9.17, 15) is 39.6 Å². The Hall–Kier alpha value is -1.82. The molecule has 1 aliphatic heterocycles. The summed E-state index contributed by atoms with van der Waals surface area (Å²) in [5.74, 6) is -1.10. The average Bonchev–Trinajstić information content (AvgIpc) is 2.53. The molecule has 1 aromatic carbocycles. The Morgan fingerprint density at radius 1 is 1.00 bits per heavy atom. The predicted molar refractivity (Wildman–Crippen MR) is 82.0 cm³/mol. The van der Waals surface area contributed by atoms with E-state index in [4.69, 9.17) is 0 Å². The Kier molecular flexibility index (Phi) is 6.10. The highest BCUT2D eigenvalue weighted by atomic mass is 32.2. The van der Waals surface area contributed by atoms with Crippen LogP contribution in [0.2, 0.25) is 0 Å². The summed E-state index contributed by atoms with van der Waals surface area (Å²) in [6.45, 7) is 1.26. The van der Waals surface area contributed by atoms with Gasteiger partial charge in [0.2, 0.25) is 5.91 Å². The molecule has 0 aromatic heterocycles. The monoisotopic (exact) mass is 418 g/mol. The van der Waals surface area contributed by atoms with Crippen LogP contribution in [0.3, 0.4) is 0 Å². The van der Waals surface area contributed by atoms with Crippen LogP contribution in [-0.4, -0.2) is 27.4 Å². The number of benzene rings is 1. The minimum absolute atomic E-state index is 0.0649. The molecular weight excluding hydrogens is 402 g/mol. The summed E-state index contributed by atoms with van der Waals surface area (Å²) in [5, 5.41) is 3.04. The number of piperidine rings is 1. The molecule has 5 nitrogen and oxygen atoms in total. The predicted octanol–water partition coefficient (Wildman–Crippen LogP) is 2.92. The van der Waals surface area contributed by atoms with Gasteiger partial charge in [0.05, 0.1) is 16.0 Å². The zero-order chi connectivity index (χ0) is 20.5. The summed E-state index contributed by atoms with van der Waals surface area (Å²) in [7, 11) is -4.89. The number of alkyl halides is 6. The van der Waals surface area contributed by atoms with E-state index >= 15 is 0 Å². The minimum Gasteiger partial charge on any atom is -0.317 e. The molecule has 1 heterocycles. The van der Waals surface area contributed by atoms with E-state index in [0.29, 0.717) is 25.9 Å². The quantitative estimate of drug-likeness (QED) is 0.738. The summed E-state index contributed by atoms with van der Waals surface area (Å²) in [6.07, 6.45) is -9.36. The van der Waals surface area contributed by atoms with Crippen molar-refractivity contribution in [3.63, 3.8) is 0 Å². The van der Waals surface area contributed by atoms with Crippen LogP contribution >= 0.6 is 0 Å². The van der Waals surface area contributed by atoms with E-state index in [1.807, 2.05) is 0 Å². The van der Waals surface area contributed by atoms with Gasteiger partial charge in [-0.25, -0.2) is 13.1 Å². The van der Waals surface area contributed by atoms with E-state index in [1.54, 1.807) is 4.72 Å². The molecule has 1 fully saturated rings. The lowest BCUT2D eigenvalue weighted by Gasteiger charge is -2.22. The molecule has 0 atom stereocenters. The summed E-state index contributed by atoms with van der Waals surface area (Å²) < 4.78 is 103. The maximum absolute atomic E-state index is 12.8. The molecule has 0 spiro atoms. The zero-order valence-electron chi connectivity index (χ0n) is 13.7. The number of rotatable bonds is 4. The fraction of sp³-hybridized carbons (Fsp3) is 0.533. The third kappa shape index (κ3) is 5.83. The van der Waals surface area contributed by atoms with Gasteiger partial charge in [-0.15, -0.1) is 0 Å². The molecule has 12 heteroatoms. The van der Waals surface area contributed by atoms with Gasteiger partial charge in [0.25, 0.3) is 10.0 Å². The largest absolute Gasteiger partial charge is 0.416 e. The van der Waals surface area contributed by atoms with E-state index in [1.165, 1.54) is 0 Å². The Morgan fingerprint density at radius 3 is 1.93 bits per heavy atom. The molecule has 2 rings (SSSR count). The van der Waals surface area contributed by atoms with Crippen molar-refractivity contribution in [2.75, 3.05) is 13.1 Å². The van der Waals surface area contributed by atoms with E-state index in [-0.39, 0.29) is 30.5 Å². The fourth-order valence-electron chi connectivity index (χ4n) is 2.68. The Labute approximate surface area is 151 Å². The molecule has 0 bridgehead atoms. The molecule has 0 saturated carbocycles. The molecule has 1 amide bonds. The standard InChI is InChI=1S/C15H16F6N2O3S/c16-14(17,18)10-6-11(15(19,20)21)8-12(7-10)27(25,26)23-13(24)5-9-1-3-22-4-2-9/h6-9,22H,1-5H2,(H,23,24). The van der Waals surface area contributed by atoms with E-state index in [2.05, 4.69) is 5.32 Å². The van der Waals surface area contributed by atoms with Gasteiger partial charge in [0.15, 0.2) is 0 Å². The second-order valence-corrected chi connectivity index (χ2v) is 7.85. The molecular formula is C15H16F6N2O3S. The summed E-state index contributed by atoms with van der Waals surface area (Å²) >= 11 is 0. The molecule has 0 aliphatic carbocycles. The van der Waals surface area contributed by atoms with Crippen LogP contribution in [0.1, 0.15) is 30.4 Å². The first-order valence-electron chi connectivity index (χ1n) is 7.85. The van der Waals surface area contributed by atoms with Crippen LogP contribution in [0.15, 0.2) is 23.1 Å². The number of halogens is 6. The number of carbonyl (C=O) groups excluding carboxylic acids is 1. The van der Waals surface area contributed by atoms with Crippen LogP contribution in [0.5, 0.6) is 0 Å². The number of nitrogens with one attached hydrogen (secondary N) is 2. The third-order valence-electron chi connectivity index (χ3n) is 4.05. The highest BCUT2D eigenvalue weighted by molar-refractivity contribution is 7.90. The zero-order valence-corrected chi connectivity index (χ0v) is 14.6. The molecule has 27 heavy (non-hydrogen) atoms. The lowest BCUT2D eigenvalue weighted by molar-refractivity contribution is -0.143. The minimum atomic E-state index is -5.19.